The summed E-state index contributed by atoms with van der Waals surface area (Å²) < 4.78 is 2.02. The molecule has 0 aromatic carbocycles. The van der Waals surface area contributed by atoms with Gasteiger partial charge in [-0.05, 0) is 18.9 Å². The lowest BCUT2D eigenvalue weighted by molar-refractivity contribution is 0.520. The molecule has 4 heteroatoms. The second-order valence-electron chi connectivity index (χ2n) is 4.82. The highest BCUT2D eigenvalue weighted by Gasteiger charge is 2.14. The minimum Gasteiger partial charge on any atom is -0.399 e. The molecule has 17 heavy (non-hydrogen) atoms. The fraction of sp³-hybridized carbons (Fsp3) is 0.462. The van der Waals surface area contributed by atoms with E-state index in [2.05, 4.69) is 16.5 Å². The van der Waals surface area contributed by atoms with Gasteiger partial charge in [-0.2, -0.15) is 0 Å². The molecule has 0 atom stereocenters. The van der Waals surface area contributed by atoms with Crippen molar-refractivity contribution in [1.82, 2.24) is 14.7 Å². The zero-order chi connectivity index (χ0) is 11.7. The van der Waals surface area contributed by atoms with Gasteiger partial charge in [0.2, 0.25) is 0 Å². The van der Waals surface area contributed by atoms with Gasteiger partial charge in [-0.1, -0.05) is 12.8 Å². The lowest BCUT2D eigenvalue weighted by Crippen LogP contribution is -2.25. The number of fused-ring (bicyclic) bond motifs is 1. The topological polar surface area (TPSA) is 55.4 Å². The Morgan fingerprint density at radius 1 is 1.41 bits per heavy atom. The van der Waals surface area contributed by atoms with Crippen LogP contribution in [0.1, 0.15) is 31.4 Å². The molecule has 1 saturated carbocycles. The molecule has 0 saturated heterocycles. The Labute approximate surface area is 101 Å². The van der Waals surface area contributed by atoms with Crippen molar-refractivity contribution in [3.05, 3.63) is 30.2 Å². The van der Waals surface area contributed by atoms with Gasteiger partial charge in [-0.25, -0.2) is 4.98 Å². The number of imidazole rings is 1. The van der Waals surface area contributed by atoms with Gasteiger partial charge in [0, 0.05) is 36.7 Å². The Kier molecular flexibility index (Phi) is 2.73. The summed E-state index contributed by atoms with van der Waals surface area (Å²) in [5, 5.41) is 3.57. The SMILES string of the molecule is Nc1ccn2cc(CNC3CCCC3)nc2c1. The number of nitrogen functional groups attached to an aromatic ring is 1. The molecule has 90 valence electrons. The Morgan fingerprint density at radius 2 is 2.24 bits per heavy atom. The van der Waals surface area contributed by atoms with E-state index in [4.69, 9.17) is 5.73 Å². The van der Waals surface area contributed by atoms with Crippen LogP contribution in [0.25, 0.3) is 5.65 Å². The van der Waals surface area contributed by atoms with Crippen molar-refractivity contribution in [3.63, 3.8) is 0 Å². The molecule has 0 spiro atoms. The van der Waals surface area contributed by atoms with E-state index >= 15 is 0 Å². The van der Waals surface area contributed by atoms with E-state index in [1.807, 2.05) is 22.7 Å². The monoisotopic (exact) mass is 230 g/mol. The molecule has 2 heterocycles. The van der Waals surface area contributed by atoms with Crippen molar-refractivity contribution in [2.45, 2.75) is 38.3 Å². The van der Waals surface area contributed by atoms with E-state index in [9.17, 15) is 0 Å². The van der Waals surface area contributed by atoms with Crippen LogP contribution in [-0.4, -0.2) is 15.4 Å². The van der Waals surface area contributed by atoms with E-state index in [0.29, 0.717) is 6.04 Å². The predicted molar refractivity (Wildman–Crippen MR) is 68.7 cm³/mol. The summed E-state index contributed by atoms with van der Waals surface area (Å²) in [5.74, 6) is 0. The lowest BCUT2D eigenvalue weighted by atomic mass is 10.2. The third-order valence-electron chi connectivity index (χ3n) is 3.46. The highest BCUT2D eigenvalue weighted by Crippen LogP contribution is 2.18. The zero-order valence-corrected chi connectivity index (χ0v) is 9.89. The lowest BCUT2D eigenvalue weighted by Gasteiger charge is -2.09. The Morgan fingerprint density at radius 3 is 3.06 bits per heavy atom. The second kappa shape index (κ2) is 4.37. The van der Waals surface area contributed by atoms with Crippen LogP contribution in [0.3, 0.4) is 0 Å². The molecule has 1 aliphatic rings. The van der Waals surface area contributed by atoms with Gasteiger partial charge < -0.3 is 15.5 Å². The quantitative estimate of drug-likeness (QED) is 0.847. The van der Waals surface area contributed by atoms with E-state index < -0.39 is 0 Å². The van der Waals surface area contributed by atoms with Crippen LogP contribution in [0.5, 0.6) is 0 Å². The highest BCUT2D eigenvalue weighted by molar-refractivity contribution is 5.52. The average Bonchev–Trinajstić information content (AvgIpc) is 2.94. The van der Waals surface area contributed by atoms with E-state index in [0.717, 1.165) is 23.6 Å². The third kappa shape index (κ3) is 2.26. The molecule has 3 rings (SSSR count). The minimum atomic E-state index is 0.685. The summed E-state index contributed by atoms with van der Waals surface area (Å²) in [6.07, 6.45) is 9.35. The molecular formula is C13H18N4. The van der Waals surface area contributed by atoms with E-state index in [-0.39, 0.29) is 0 Å². The van der Waals surface area contributed by atoms with Gasteiger partial charge in [-0.15, -0.1) is 0 Å². The first kappa shape index (κ1) is 10.6. The summed E-state index contributed by atoms with van der Waals surface area (Å²) in [6.45, 7) is 0.853. The Hall–Kier alpha value is -1.55. The number of pyridine rings is 1. The molecule has 0 unspecified atom stereocenters. The van der Waals surface area contributed by atoms with Gasteiger partial charge in [0.05, 0.1) is 5.69 Å². The van der Waals surface area contributed by atoms with E-state index in [1.54, 1.807) is 0 Å². The van der Waals surface area contributed by atoms with Crippen molar-refractivity contribution >= 4 is 11.3 Å². The molecule has 1 aliphatic carbocycles. The molecule has 0 amide bonds. The Bertz CT molecular complexity index is 511. The van der Waals surface area contributed by atoms with Crippen LogP contribution in [-0.2, 0) is 6.54 Å². The maximum absolute atomic E-state index is 5.74. The second-order valence-corrected chi connectivity index (χ2v) is 4.82. The number of nitrogens with two attached hydrogens (primary N) is 1. The van der Waals surface area contributed by atoms with Crippen molar-refractivity contribution < 1.29 is 0 Å². The summed E-state index contributed by atoms with van der Waals surface area (Å²) >= 11 is 0. The zero-order valence-electron chi connectivity index (χ0n) is 9.89. The first-order valence-electron chi connectivity index (χ1n) is 6.28. The number of aromatic nitrogens is 2. The summed E-state index contributed by atoms with van der Waals surface area (Å²) in [5.41, 5.74) is 8.51. The fourth-order valence-electron chi connectivity index (χ4n) is 2.51. The molecule has 0 radical (unpaired) electrons. The first-order valence-corrected chi connectivity index (χ1v) is 6.28. The number of hydrogen-bond donors (Lipinski definition) is 2. The summed E-state index contributed by atoms with van der Waals surface area (Å²) in [6, 6.07) is 4.48. The first-order chi connectivity index (χ1) is 8.31. The summed E-state index contributed by atoms with van der Waals surface area (Å²) in [4.78, 5) is 4.55. The van der Waals surface area contributed by atoms with Gasteiger partial charge in [-0.3, -0.25) is 0 Å². The fourth-order valence-corrected chi connectivity index (χ4v) is 2.51. The predicted octanol–water partition coefficient (Wildman–Crippen LogP) is 1.95. The van der Waals surface area contributed by atoms with Crippen molar-refractivity contribution in [3.8, 4) is 0 Å². The largest absolute Gasteiger partial charge is 0.399 e. The van der Waals surface area contributed by atoms with Crippen LogP contribution in [0.2, 0.25) is 0 Å². The highest BCUT2D eigenvalue weighted by atomic mass is 15.0. The smallest absolute Gasteiger partial charge is 0.139 e. The number of nitrogens with one attached hydrogen (secondary N) is 1. The van der Waals surface area contributed by atoms with Crippen LogP contribution >= 0.6 is 0 Å². The van der Waals surface area contributed by atoms with Crippen LogP contribution in [0.15, 0.2) is 24.5 Å². The van der Waals surface area contributed by atoms with Crippen molar-refractivity contribution in [1.29, 1.82) is 0 Å². The third-order valence-corrected chi connectivity index (χ3v) is 3.46. The normalized spacial score (nSPS) is 16.9. The standard InChI is InChI=1S/C13H18N4/c14-10-5-6-17-9-12(16-13(17)7-10)8-15-11-3-1-2-4-11/h5-7,9,11,15H,1-4,8,14H2. The molecule has 1 fully saturated rings. The molecule has 3 N–H and O–H groups in total. The van der Waals surface area contributed by atoms with Crippen LogP contribution < -0.4 is 11.1 Å². The summed E-state index contributed by atoms with van der Waals surface area (Å²) in [7, 11) is 0. The molecule has 0 aliphatic heterocycles. The maximum Gasteiger partial charge on any atom is 0.139 e. The number of anilines is 1. The number of rotatable bonds is 3. The minimum absolute atomic E-state index is 0.685. The van der Waals surface area contributed by atoms with Crippen LogP contribution in [0, 0.1) is 0 Å². The van der Waals surface area contributed by atoms with Gasteiger partial charge >= 0.3 is 0 Å². The molecule has 0 bridgehead atoms. The Balaban J connectivity index is 1.72. The molecule has 2 aromatic heterocycles. The number of hydrogen-bond acceptors (Lipinski definition) is 3. The van der Waals surface area contributed by atoms with Crippen molar-refractivity contribution in [2.75, 3.05) is 5.73 Å². The van der Waals surface area contributed by atoms with E-state index in [1.165, 1.54) is 25.7 Å². The maximum atomic E-state index is 5.74. The van der Waals surface area contributed by atoms with Gasteiger partial charge in [0.15, 0.2) is 0 Å². The van der Waals surface area contributed by atoms with Gasteiger partial charge in [0.1, 0.15) is 5.65 Å². The van der Waals surface area contributed by atoms with Crippen LogP contribution in [0.4, 0.5) is 5.69 Å². The molecular weight excluding hydrogens is 212 g/mol. The number of nitrogens with zero attached hydrogens (tertiary/aromatic N) is 2. The van der Waals surface area contributed by atoms with Gasteiger partial charge in [0.25, 0.3) is 0 Å². The van der Waals surface area contributed by atoms with Crippen molar-refractivity contribution in [2.24, 2.45) is 0 Å². The molecule has 4 nitrogen and oxygen atoms in total. The average molecular weight is 230 g/mol. The molecule has 2 aromatic rings.